The van der Waals surface area contributed by atoms with Crippen LogP contribution in [-0.4, -0.2) is 77.9 Å². The normalized spacial score (nSPS) is 13.6. The number of nitrogens with two attached hydrogens (primary N) is 3. The fourth-order valence-corrected chi connectivity index (χ4v) is 2.86. The molecule has 0 radical (unpaired) electrons. The lowest BCUT2D eigenvalue weighted by atomic mass is 10.1. The Bertz CT molecular complexity index is 605. The zero-order chi connectivity index (χ0) is 23.1. The van der Waals surface area contributed by atoms with E-state index in [1.165, 1.54) is 11.8 Å². The summed E-state index contributed by atoms with van der Waals surface area (Å²) in [7, 11) is 0. The summed E-state index contributed by atoms with van der Waals surface area (Å²) in [6.07, 6.45) is 3.19. The molecule has 0 aromatic carbocycles. The fourth-order valence-electron chi connectivity index (χ4n) is 2.39. The number of nitrogens with one attached hydrogen (secondary N) is 3. The molecule has 30 heavy (non-hydrogen) atoms. The maximum Gasteiger partial charge on any atom is 0.322 e. The zero-order valence-corrected chi connectivity index (χ0v) is 17.8. The summed E-state index contributed by atoms with van der Waals surface area (Å²) in [4.78, 5) is 59.1. The number of thioether (sulfide) groups is 1. The zero-order valence-electron chi connectivity index (χ0n) is 17.0. The van der Waals surface area contributed by atoms with E-state index in [9.17, 15) is 24.0 Å². The van der Waals surface area contributed by atoms with Crippen LogP contribution >= 0.6 is 11.8 Å². The first kappa shape index (κ1) is 27.6. The first-order valence-electron chi connectivity index (χ1n) is 9.45. The maximum absolute atomic E-state index is 12.6. The number of carbonyl (C=O) groups is 5. The molecule has 0 aliphatic heterocycles. The molecule has 3 atom stereocenters. The highest BCUT2D eigenvalue weighted by atomic mass is 32.2. The molecular weight excluding hydrogens is 416 g/mol. The van der Waals surface area contributed by atoms with Crippen molar-refractivity contribution in [1.82, 2.24) is 16.0 Å². The third-order valence-corrected chi connectivity index (χ3v) is 4.65. The first-order chi connectivity index (χ1) is 14.1. The highest BCUT2D eigenvalue weighted by Gasteiger charge is 2.29. The van der Waals surface area contributed by atoms with Crippen LogP contribution in [0.3, 0.4) is 0 Å². The lowest BCUT2D eigenvalue weighted by Crippen LogP contribution is -2.56. The van der Waals surface area contributed by atoms with Crippen molar-refractivity contribution in [3.8, 4) is 0 Å². The largest absolute Gasteiger partial charge is 0.480 e. The van der Waals surface area contributed by atoms with Gasteiger partial charge in [0.25, 0.3) is 0 Å². The van der Waals surface area contributed by atoms with Crippen LogP contribution in [0, 0.1) is 0 Å². The number of hydrogen-bond acceptors (Lipinski definition) is 8. The number of carbonyl (C=O) groups excluding carboxylic acids is 4. The lowest BCUT2D eigenvalue weighted by Gasteiger charge is -2.23. The SMILES string of the molecule is CSCCC(NC(=O)C(CC(N)=O)NC(=O)C(N)CCCCN)C(=O)NCC(=O)O. The number of carboxylic acid groups (broad SMARTS) is 1. The standard InChI is InChI=1S/C17H32N6O6S/c1-30-7-5-11(16(28)21-9-14(25)26)22-17(29)12(8-13(20)24)23-15(27)10(19)4-2-3-6-18/h10-12H,2-9,18-19H2,1H3,(H2,20,24)(H,21,28)(H,22,29)(H,23,27)(H,25,26). The van der Waals surface area contributed by atoms with Gasteiger partial charge in [-0.1, -0.05) is 6.42 Å². The van der Waals surface area contributed by atoms with E-state index < -0.39 is 60.7 Å². The van der Waals surface area contributed by atoms with E-state index in [0.29, 0.717) is 31.6 Å². The van der Waals surface area contributed by atoms with E-state index in [1.807, 2.05) is 0 Å². The molecule has 0 rings (SSSR count). The highest BCUT2D eigenvalue weighted by molar-refractivity contribution is 7.98. The third-order valence-electron chi connectivity index (χ3n) is 4.00. The Morgan fingerprint density at radius 3 is 2.13 bits per heavy atom. The van der Waals surface area contributed by atoms with Crippen LogP contribution in [-0.2, 0) is 24.0 Å². The smallest absolute Gasteiger partial charge is 0.322 e. The molecule has 0 bridgehead atoms. The summed E-state index contributed by atoms with van der Waals surface area (Å²) in [6.45, 7) is -0.147. The second kappa shape index (κ2) is 15.5. The second-order valence-corrected chi connectivity index (χ2v) is 7.56. The molecular formula is C17H32N6O6S. The Morgan fingerprint density at radius 1 is 0.967 bits per heavy atom. The van der Waals surface area contributed by atoms with Gasteiger partial charge < -0.3 is 38.3 Å². The number of unbranched alkanes of at least 4 members (excludes halogenated alkanes) is 1. The van der Waals surface area contributed by atoms with Crippen LogP contribution in [0.1, 0.15) is 32.1 Å². The minimum Gasteiger partial charge on any atom is -0.480 e. The van der Waals surface area contributed by atoms with Crippen LogP contribution in [0.2, 0.25) is 0 Å². The molecule has 0 aliphatic carbocycles. The molecule has 0 aromatic rings. The summed E-state index contributed by atoms with van der Waals surface area (Å²) in [5.74, 6) is -3.69. The van der Waals surface area contributed by atoms with Gasteiger partial charge in [0.1, 0.15) is 18.6 Å². The average molecular weight is 449 g/mol. The Hall–Kier alpha value is -2.38. The summed E-state index contributed by atoms with van der Waals surface area (Å²) in [5, 5.41) is 15.7. The first-order valence-corrected chi connectivity index (χ1v) is 10.8. The van der Waals surface area contributed by atoms with Crippen molar-refractivity contribution in [2.75, 3.05) is 25.1 Å². The number of primary amides is 1. The number of rotatable bonds is 16. The van der Waals surface area contributed by atoms with Crippen molar-refractivity contribution in [2.45, 2.75) is 50.2 Å². The Labute approximate surface area is 179 Å². The van der Waals surface area contributed by atoms with Crippen LogP contribution in [0.5, 0.6) is 0 Å². The van der Waals surface area contributed by atoms with Crippen LogP contribution in [0.15, 0.2) is 0 Å². The summed E-state index contributed by atoms with van der Waals surface area (Å²) < 4.78 is 0. The van der Waals surface area contributed by atoms with Crippen molar-refractivity contribution in [3.05, 3.63) is 0 Å². The van der Waals surface area contributed by atoms with E-state index in [0.717, 1.165) is 0 Å². The van der Waals surface area contributed by atoms with E-state index >= 15 is 0 Å². The van der Waals surface area contributed by atoms with Crippen molar-refractivity contribution >= 4 is 41.4 Å². The van der Waals surface area contributed by atoms with Gasteiger partial charge in [-0.2, -0.15) is 11.8 Å². The van der Waals surface area contributed by atoms with Crippen LogP contribution < -0.4 is 33.2 Å². The molecule has 4 amide bonds. The Morgan fingerprint density at radius 2 is 1.60 bits per heavy atom. The van der Waals surface area contributed by atoms with Gasteiger partial charge in [0.2, 0.25) is 23.6 Å². The van der Waals surface area contributed by atoms with Gasteiger partial charge in [0, 0.05) is 0 Å². The minimum atomic E-state index is -1.32. The molecule has 0 aliphatic rings. The van der Waals surface area contributed by atoms with E-state index in [4.69, 9.17) is 22.3 Å². The van der Waals surface area contributed by atoms with Gasteiger partial charge >= 0.3 is 5.97 Å². The molecule has 0 aromatic heterocycles. The van der Waals surface area contributed by atoms with E-state index in [-0.39, 0.29) is 6.42 Å². The molecule has 0 heterocycles. The molecule has 172 valence electrons. The molecule has 13 heteroatoms. The molecule has 0 saturated carbocycles. The predicted octanol–water partition coefficient (Wildman–Crippen LogP) is -2.76. The highest BCUT2D eigenvalue weighted by Crippen LogP contribution is 2.04. The number of amides is 4. The van der Waals surface area contributed by atoms with Gasteiger partial charge in [0.05, 0.1) is 12.5 Å². The predicted molar refractivity (Wildman–Crippen MR) is 112 cm³/mol. The van der Waals surface area contributed by atoms with Gasteiger partial charge in [-0.25, -0.2) is 0 Å². The van der Waals surface area contributed by atoms with Crippen molar-refractivity contribution in [3.63, 3.8) is 0 Å². The topological polar surface area (TPSA) is 220 Å². The van der Waals surface area contributed by atoms with Crippen molar-refractivity contribution < 1.29 is 29.1 Å². The summed E-state index contributed by atoms with van der Waals surface area (Å²) in [6, 6.07) is -3.26. The molecule has 10 N–H and O–H groups in total. The quantitative estimate of drug-likeness (QED) is 0.121. The van der Waals surface area contributed by atoms with Crippen molar-refractivity contribution in [1.29, 1.82) is 0 Å². The van der Waals surface area contributed by atoms with Gasteiger partial charge in [-0.15, -0.1) is 0 Å². The lowest BCUT2D eigenvalue weighted by molar-refractivity contribution is -0.138. The van der Waals surface area contributed by atoms with Gasteiger partial charge in [-0.05, 0) is 37.8 Å². The third kappa shape index (κ3) is 12.2. The summed E-state index contributed by atoms with van der Waals surface area (Å²) in [5.41, 5.74) is 16.4. The number of hydrogen-bond donors (Lipinski definition) is 7. The molecule has 0 fully saturated rings. The Kier molecular flexibility index (Phi) is 14.2. The molecule has 0 saturated heterocycles. The number of carboxylic acids is 1. The van der Waals surface area contributed by atoms with E-state index in [2.05, 4.69) is 16.0 Å². The molecule has 12 nitrogen and oxygen atoms in total. The summed E-state index contributed by atoms with van der Waals surface area (Å²) >= 11 is 1.42. The van der Waals surface area contributed by atoms with Crippen LogP contribution in [0.25, 0.3) is 0 Å². The van der Waals surface area contributed by atoms with E-state index in [1.54, 1.807) is 6.26 Å². The Balaban J connectivity index is 5.12. The molecule has 3 unspecified atom stereocenters. The second-order valence-electron chi connectivity index (χ2n) is 6.58. The van der Waals surface area contributed by atoms with Gasteiger partial charge in [0.15, 0.2) is 0 Å². The monoisotopic (exact) mass is 448 g/mol. The maximum atomic E-state index is 12.6. The van der Waals surface area contributed by atoms with Crippen LogP contribution in [0.4, 0.5) is 0 Å². The van der Waals surface area contributed by atoms with Gasteiger partial charge in [-0.3, -0.25) is 24.0 Å². The minimum absolute atomic E-state index is 0.216. The number of aliphatic carboxylic acids is 1. The average Bonchev–Trinajstić information content (AvgIpc) is 2.68. The fraction of sp³-hybridized carbons (Fsp3) is 0.706. The van der Waals surface area contributed by atoms with Crippen molar-refractivity contribution in [2.24, 2.45) is 17.2 Å². The molecule has 0 spiro atoms.